The number of rotatable bonds is 7. The van der Waals surface area contributed by atoms with Gasteiger partial charge in [0, 0.05) is 37.5 Å². The van der Waals surface area contributed by atoms with E-state index in [0.29, 0.717) is 16.0 Å². The van der Waals surface area contributed by atoms with Crippen molar-refractivity contribution in [2.24, 2.45) is 16.8 Å². The van der Waals surface area contributed by atoms with Crippen LogP contribution in [-0.2, 0) is 9.53 Å². The molecule has 5 nitrogen and oxygen atoms in total. The van der Waals surface area contributed by atoms with Crippen LogP contribution in [0.2, 0.25) is 10.0 Å². The minimum absolute atomic E-state index is 0.0203. The summed E-state index contributed by atoms with van der Waals surface area (Å²) in [5, 5.41) is 1.36. The van der Waals surface area contributed by atoms with Crippen LogP contribution in [-0.4, -0.2) is 56.4 Å². The summed E-state index contributed by atoms with van der Waals surface area (Å²) in [6.45, 7) is 12.5. The van der Waals surface area contributed by atoms with Gasteiger partial charge in [-0.3, -0.25) is 14.7 Å². The number of halogens is 2. The number of benzene rings is 1. The number of nitrogens with zero attached hydrogens (tertiary/aromatic N) is 3. The van der Waals surface area contributed by atoms with Crippen LogP contribution in [0, 0.1) is 11.8 Å². The van der Waals surface area contributed by atoms with Crippen molar-refractivity contribution in [3.05, 3.63) is 52.2 Å². The van der Waals surface area contributed by atoms with Gasteiger partial charge in [-0.25, -0.2) is 0 Å². The van der Waals surface area contributed by atoms with E-state index in [-0.39, 0.29) is 11.9 Å². The summed E-state index contributed by atoms with van der Waals surface area (Å²) in [6.07, 6.45) is 3.62. The van der Waals surface area contributed by atoms with Crippen LogP contribution in [0.3, 0.4) is 0 Å². The van der Waals surface area contributed by atoms with Crippen molar-refractivity contribution in [3.63, 3.8) is 0 Å². The highest BCUT2D eigenvalue weighted by atomic mass is 35.5. The zero-order valence-corrected chi connectivity index (χ0v) is 20.0. The lowest BCUT2D eigenvalue weighted by atomic mass is 9.94. The minimum Gasteiger partial charge on any atom is -0.469 e. The normalized spacial score (nSPS) is 19.3. The van der Waals surface area contributed by atoms with E-state index in [2.05, 4.69) is 23.3 Å². The van der Waals surface area contributed by atoms with Gasteiger partial charge in [0.15, 0.2) is 0 Å². The Hall–Kier alpha value is -1.82. The van der Waals surface area contributed by atoms with Gasteiger partial charge in [0.05, 0.1) is 28.8 Å². The van der Waals surface area contributed by atoms with Crippen LogP contribution in [0.25, 0.3) is 0 Å². The highest BCUT2D eigenvalue weighted by molar-refractivity contribution is 6.39. The zero-order chi connectivity index (χ0) is 22.5. The molecule has 2 heterocycles. The van der Waals surface area contributed by atoms with Gasteiger partial charge < -0.3 is 9.64 Å². The lowest BCUT2D eigenvalue weighted by Gasteiger charge is -2.41. The Bertz CT molecular complexity index is 863. The second-order valence-electron chi connectivity index (χ2n) is 8.45. The summed E-state index contributed by atoms with van der Waals surface area (Å²) in [6, 6.07) is 5.60. The van der Waals surface area contributed by atoms with Gasteiger partial charge in [0.1, 0.15) is 0 Å². The molecular formula is C24H31Cl2N3O2. The number of carbonyl (C=O) groups excluding carboxylic acids is 1. The van der Waals surface area contributed by atoms with Crippen LogP contribution in [0.4, 0.5) is 5.69 Å². The second-order valence-corrected chi connectivity index (χ2v) is 9.27. The third-order valence-electron chi connectivity index (χ3n) is 6.21. The molecule has 0 radical (unpaired) electrons. The van der Waals surface area contributed by atoms with Crippen molar-refractivity contribution in [1.82, 2.24) is 4.90 Å². The molecule has 31 heavy (non-hydrogen) atoms. The minimum atomic E-state index is -0.0943. The molecule has 7 heteroatoms. The zero-order valence-electron chi connectivity index (χ0n) is 18.5. The number of esters is 1. The summed E-state index contributed by atoms with van der Waals surface area (Å²) in [5.41, 5.74) is 4.15. The first-order chi connectivity index (χ1) is 14.8. The Morgan fingerprint density at radius 1 is 1.19 bits per heavy atom. The van der Waals surface area contributed by atoms with Crippen molar-refractivity contribution >= 4 is 40.6 Å². The molecule has 0 spiro atoms. The van der Waals surface area contributed by atoms with Gasteiger partial charge in [0.2, 0.25) is 0 Å². The predicted molar refractivity (Wildman–Crippen MR) is 129 cm³/mol. The van der Waals surface area contributed by atoms with Crippen LogP contribution in [0.1, 0.15) is 26.7 Å². The average Bonchev–Trinajstić information content (AvgIpc) is 2.71. The molecule has 3 rings (SSSR count). The van der Waals surface area contributed by atoms with E-state index in [1.807, 2.05) is 31.3 Å². The molecule has 0 aliphatic carbocycles. The monoisotopic (exact) mass is 463 g/mol. The van der Waals surface area contributed by atoms with E-state index in [4.69, 9.17) is 32.9 Å². The van der Waals surface area contributed by atoms with Gasteiger partial charge in [-0.15, -0.1) is 0 Å². The first kappa shape index (κ1) is 23.8. The van der Waals surface area contributed by atoms with Gasteiger partial charge in [-0.1, -0.05) is 41.4 Å². The molecular weight excluding hydrogens is 433 g/mol. The molecule has 2 aliphatic heterocycles. The lowest BCUT2D eigenvalue weighted by molar-refractivity contribution is -0.147. The maximum absolute atomic E-state index is 11.7. The van der Waals surface area contributed by atoms with E-state index >= 15 is 0 Å². The maximum atomic E-state index is 11.7. The number of hydrogen-bond donors (Lipinski definition) is 0. The SMILES string of the molecule is C=C(C)/C(=C\N=C(C)C1CN(c2c(Cl)cccc2Cl)C1)CN1CCC(C(=O)OC)CC1. The van der Waals surface area contributed by atoms with Gasteiger partial charge in [-0.05, 0) is 57.5 Å². The Morgan fingerprint density at radius 3 is 2.35 bits per heavy atom. The molecule has 0 unspecified atom stereocenters. The fraction of sp³-hybridized carbons (Fsp3) is 0.500. The summed E-state index contributed by atoms with van der Waals surface area (Å²) in [5.74, 6) is 0.306. The molecule has 0 saturated carbocycles. The molecule has 0 bridgehead atoms. The van der Waals surface area contributed by atoms with E-state index in [1.54, 1.807) is 0 Å². The molecule has 168 valence electrons. The summed E-state index contributed by atoms with van der Waals surface area (Å²) in [4.78, 5) is 21.0. The fourth-order valence-corrected chi connectivity index (χ4v) is 4.66. The van der Waals surface area contributed by atoms with Gasteiger partial charge >= 0.3 is 5.97 Å². The van der Waals surface area contributed by atoms with E-state index in [9.17, 15) is 4.79 Å². The Kier molecular flexibility index (Phi) is 8.20. The third-order valence-corrected chi connectivity index (χ3v) is 6.82. The topological polar surface area (TPSA) is 45.1 Å². The second kappa shape index (κ2) is 10.7. The molecule has 2 fully saturated rings. The molecule has 0 atom stereocenters. The molecule has 0 N–H and O–H groups in total. The quantitative estimate of drug-likeness (QED) is 0.315. The van der Waals surface area contributed by atoms with E-state index < -0.39 is 0 Å². The van der Waals surface area contributed by atoms with Crippen molar-refractivity contribution in [1.29, 1.82) is 0 Å². The number of hydrogen-bond acceptors (Lipinski definition) is 5. The standard InChI is InChI=1S/C24H31Cl2N3O2/c1-16(2)19(13-28-10-8-18(9-11-28)24(30)31-4)12-27-17(3)20-14-29(15-20)23-21(25)6-5-7-22(23)26/h5-7,12,18,20H,1,8-11,13-15H2,2-4H3/b19-12-,27-17?. The summed E-state index contributed by atoms with van der Waals surface area (Å²) < 4.78 is 4.88. The number of likely N-dealkylation sites (tertiary alicyclic amines) is 1. The Morgan fingerprint density at radius 2 is 1.81 bits per heavy atom. The molecule has 0 amide bonds. The largest absolute Gasteiger partial charge is 0.469 e. The fourth-order valence-electron chi connectivity index (χ4n) is 4.02. The molecule has 2 aliphatic rings. The molecule has 2 saturated heterocycles. The highest BCUT2D eigenvalue weighted by Gasteiger charge is 2.31. The van der Waals surface area contributed by atoms with E-state index in [1.165, 1.54) is 7.11 Å². The van der Waals surface area contributed by atoms with Crippen molar-refractivity contribution in [3.8, 4) is 0 Å². The molecule has 1 aromatic rings. The first-order valence-corrected chi connectivity index (χ1v) is 11.4. The van der Waals surface area contributed by atoms with Crippen LogP contribution >= 0.6 is 23.2 Å². The highest BCUT2D eigenvalue weighted by Crippen LogP contribution is 2.37. The number of carbonyl (C=O) groups is 1. The maximum Gasteiger partial charge on any atom is 0.308 e. The molecule has 1 aromatic carbocycles. The summed E-state index contributed by atoms with van der Waals surface area (Å²) >= 11 is 12.6. The van der Waals surface area contributed by atoms with Crippen molar-refractivity contribution in [2.45, 2.75) is 26.7 Å². The number of aliphatic imine (C=N–C) groups is 1. The predicted octanol–water partition coefficient (Wildman–Crippen LogP) is 5.24. The van der Waals surface area contributed by atoms with Crippen molar-refractivity contribution in [2.75, 3.05) is 44.7 Å². The summed E-state index contributed by atoms with van der Waals surface area (Å²) in [7, 11) is 1.46. The van der Waals surface area contributed by atoms with E-state index in [0.717, 1.165) is 68.1 Å². The van der Waals surface area contributed by atoms with Crippen LogP contribution in [0.15, 0.2) is 47.1 Å². The van der Waals surface area contributed by atoms with Crippen LogP contribution in [0.5, 0.6) is 0 Å². The number of para-hydroxylation sites is 1. The number of piperidine rings is 1. The Balaban J connectivity index is 1.57. The van der Waals surface area contributed by atoms with Crippen molar-refractivity contribution < 1.29 is 9.53 Å². The third kappa shape index (κ3) is 5.91. The number of anilines is 1. The molecule has 0 aromatic heterocycles. The lowest BCUT2D eigenvalue weighted by Crippen LogP contribution is -2.50. The smallest absolute Gasteiger partial charge is 0.308 e. The first-order valence-electron chi connectivity index (χ1n) is 10.7. The number of methoxy groups -OCH3 is 1. The average molecular weight is 464 g/mol. The Labute approximate surface area is 195 Å². The van der Waals surface area contributed by atoms with Crippen LogP contribution < -0.4 is 4.90 Å². The number of ether oxygens (including phenoxy) is 1. The van der Waals surface area contributed by atoms with Gasteiger partial charge in [0.25, 0.3) is 0 Å². The van der Waals surface area contributed by atoms with Gasteiger partial charge in [-0.2, -0.15) is 0 Å².